The normalized spacial score (nSPS) is 22.8. The minimum absolute atomic E-state index is 0.0689. The Morgan fingerprint density at radius 2 is 1.94 bits per heavy atom. The van der Waals surface area contributed by atoms with Crippen LogP contribution in [0, 0.1) is 0 Å². The van der Waals surface area contributed by atoms with Gasteiger partial charge in [0.1, 0.15) is 12.4 Å². The molecule has 1 aromatic heterocycles. The number of carbonyl (C=O) groups is 2. The summed E-state index contributed by atoms with van der Waals surface area (Å²) in [6.45, 7) is 0.818. The number of amides is 2. The van der Waals surface area contributed by atoms with E-state index in [1.54, 1.807) is 11.8 Å². The van der Waals surface area contributed by atoms with Gasteiger partial charge in [-0.05, 0) is 30.4 Å². The van der Waals surface area contributed by atoms with Gasteiger partial charge in [-0.15, -0.1) is 0 Å². The lowest BCUT2D eigenvalue weighted by Gasteiger charge is -2.18. The van der Waals surface area contributed by atoms with Crippen LogP contribution in [0.1, 0.15) is 30.1 Å². The number of benzene rings is 2. The average Bonchev–Trinajstić information content (AvgIpc) is 3.39. The molecule has 2 heterocycles. The average molecular weight is 435 g/mol. The zero-order chi connectivity index (χ0) is 21.4. The number of para-hydroxylation sites is 2. The fourth-order valence-corrected chi connectivity index (χ4v) is 5.17. The smallest absolute Gasteiger partial charge is 0.240 e. The highest BCUT2D eigenvalue weighted by molar-refractivity contribution is 7.97. The Morgan fingerprint density at radius 3 is 2.74 bits per heavy atom. The zero-order valence-electron chi connectivity index (χ0n) is 17.5. The van der Waals surface area contributed by atoms with E-state index in [9.17, 15) is 9.59 Å². The van der Waals surface area contributed by atoms with Gasteiger partial charge in [0.15, 0.2) is 0 Å². The fraction of sp³-hybridized carbons (Fsp3) is 0.375. The number of aromatic nitrogens is 2. The van der Waals surface area contributed by atoms with Crippen LogP contribution < -0.4 is 5.32 Å². The molecule has 1 aliphatic carbocycles. The second kappa shape index (κ2) is 8.38. The van der Waals surface area contributed by atoms with Crippen molar-refractivity contribution in [2.24, 2.45) is 0 Å². The van der Waals surface area contributed by atoms with Crippen molar-refractivity contribution in [1.29, 1.82) is 0 Å². The highest BCUT2D eigenvalue weighted by atomic mass is 32.2. The number of hydrogen-bond acceptors (Lipinski definition) is 4. The Kier molecular flexibility index (Phi) is 5.44. The van der Waals surface area contributed by atoms with Crippen LogP contribution in [0.5, 0.6) is 0 Å². The van der Waals surface area contributed by atoms with Gasteiger partial charge in [0, 0.05) is 24.9 Å². The maximum absolute atomic E-state index is 12.9. The standard InChI is InChI=1S/C24H26N4O2S/c1-31-15-22-26-19-9-5-6-10-20(19)27(22)14-23(29)25-17-11-24(30)28(13-17)21-12-18(21)16-7-3-2-4-8-16/h2-10,17-18,21H,11-15H2,1H3,(H,25,29)/t17-,18+,21-/m1/s1. The molecule has 2 aliphatic rings. The van der Waals surface area contributed by atoms with Gasteiger partial charge in [0.2, 0.25) is 11.8 Å². The van der Waals surface area contributed by atoms with E-state index in [1.807, 2.05) is 58.2 Å². The minimum atomic E-state index is -0.129. The molecule has 2 fully saturated rings. The molecule has 1 N–H and O–H groups in total. The Labute approximate surface area is 186 Å². The first-order valence-corrected chi connectivity index (χ1v) is 12.1. The summed E-state index contributed by atoms with van der Waals surface area (Å²) >= 11 is 1.69. The van der Waals surface area contributed by atoms with E-state index in [0.717, 1.165) is 29.0 Å². The van der Waals surface area contributed by atoms with E-state index in [0.29, 0.717) is 18.9 Å². The van der Waals surface area contributed by atoms with E-state index in [-0.39, 0.29) is 30.4 Å². The van der Waals surface area contributed by atoms with Crippen LogP contribution >= 0.6 is 11.8 Å². The SMILES string of the molecule is CSCc1nc2ccccc2n1CC(=O)N[C@@H]1CC(=O)N([C@@H]2C[C@H]2c2ccccc2)C1. The lowest BCUT2D eigenvalue weighted by Crippen LogP contribution is -2.39. The molecule has 1 saturated carbocycles. The first-order chi connectivity index (χ1) is 15.1. The predicted octanol–water partition coefficient (Wildman–Crippen LogP) is 3.17. The lowest BCUT2D eigenvalue weighted by molar-refractivity contribution is -0.128. The number of fused-ring (bicyclic) bond motifs is 1. The third-order valence-electron chi connectivity index (χ3n) is 6.22. The molecule has 7 heteroatoms. The van der Waals surface area contributed by atoms with Gasteiger partial charge in [-0.1, -0.05) is 42.5 Å². The van der Waals surface area contributed by atoms with Gasteiger partial charge in [-0.3, -0.25) is 9.59 Å². The molecule has 1 saturated heterocycles. The monoisotopic (exact) mass is 434 g/mol. The third-order valence-corrected chi connectivity index (χ3v) is 6.76. The maximum Gasteiger partial charge on any atom is 0.240 e. The van der Waals surface area contributed by atoms with Gasteiger partial charge in [0.25, 0.3) is 0 Å². The van der Waals surface area contributed by atoms with Gasteiger partial charge in [-0.25, -0.2) is 4.98 Å². The summed E-state index contributed by atoms with van der Waals surface area (Å²) < 4.78 is 1.99. The molecule has 3 atom stereocenters. The molecular formula is C24H26N4O2S. The van der Waals surface area contributed by atoms with Crippen molar-refractivity contribution in [1.82, 2.24) is 19.8 Å². The van der Waals surface area contributed by atoms with Gasteiger partial charge in [-0.2, -0.15) is 11.8 Å². The quantitative estimate of drug-likeness (QED) is 0.620. The molecule has 0 radical (unpaired) electrons. The number of carbonyl (C=O) groups excluding carboxylic acids is 2. The summed E-state index contributed by atoms with van der Waals surface area (Å²) in [4.78, 5) is 32.1. The molecule has 6 nitrogen and oxygen atoms in total. The van der Waals surface area contributed by atoms with Gasteiger partial charge >= 0.3 is 0 Å². The summed E-state index contributed by atoms with van der Waals surface area (Å²) in [7, 11) is 0. The van der Waals surface area contributed by atoms with Crippen LogP contribution in [-0.2, 0) is 21.9 Å². The summed E-state index contributed by atoms with van der Waals surface area (Å²) in [5.41, 5.74) is 3.16. The van der Waals surface area contributed by atoms with Crippen molar-refractivity contribution in [2.45, 2.75) is 43.1 Å². The Hall–Kier alpha value is -2.80. The summed E-state index contributed by atoms with van der Waals surface area (Å²) in [6, 6.07) is 18.4. The molecule has 1 aliphatic heterocycles. The number of nitrogens with one attached hydrogen (secondary N) is 1. The van der Waals surface area contributed by atoms with Crippen LogP contribution in [0.25, 0.3) is 11.0 Å². The van der Waals surface area contributed by atoms with Crippen LogP contribution in [0.3, 0.4) is 0 Å². The molecule has 160 valence electrons. The summed E-state index contributed by atoms with van der Waals surface area (Å²) in [5, 5.41) is 3.09. The Balaban J connectivity index is 1.23. The minimum Gasteiger partial charge on any atom is -0.350 e. The Morgan fingerprint density at radius 1 is 1.16 bits per heavy atom. The number of rotatable bonds is 7. The van der Waals surface area contributed by atoms with Crippen LogP contribution in [0.2, 0.25) is 0 Å². The van der Waals surface area contributed by atoms with E-state index >= 15 is 0 Å². The molecule has 0 unspecified atom stereocenters. The maximum atomic E-state index is 12.9. The van der Waals surface area contributed by atoms with E-state index in [2.05, 4.69) is 22.4 Å². The van der Waals surface area contributed by atoms with E-state index in [1.165, 1.54) is 5.56 Å². The first-order valence-electron chi connectivity index (χ1n) is 10.7. The largest absolute Gasteiger partial charge is 0.350 e. The Bertz CT molecular complexity index is 1110. The van der Waals surface area contributed by atoms with Crippen molar-refractivity contribution >= 4 is 34.6 Å². The van der Waals surface area contributed by atoms with E-state index < -0.39 is 0 Å². The van der Waals surface area contributed by atoms with Crippen LogP contribution in [0.15, 0.2) is 54.6 Å². The van der Waals surface area contributed by atoms with Crippen molar-refractivity contribution in [3.63, 3.8) is 0 Å². The third kappa shape index (κ3) is 4.06. The van der Waals surface area contributed by atoms with Crippen LogP contribution in [0.4, 0.5) is 0 Å². The summed E-state index contributed by atoms with van der Waals surface area (Å²) in [5.74, 6) is 2.15. The predicted molar refractivity (Wildman–Crippen MR) is 123 cm³/mol. The summed E-state index contributed by atoms with van der Waals surface area (Å²) in [6.07, 6.45) is 3.42. The number of nitrogens with zero attached hydrogens (tertiary/aromatic N) is 3. The molecule has 5 rings (SSSR count). The highest BCUT2D eigenvalue weighted by Gasteiger charge is 2.47. The van der Waals surface area contributed by atoms with Gasteiger partial charge in [0.05, 0.1) is 22.8 Å². The molecule has 2 amide bonds. The number of likely N-dealkylation sites (tertiary alicyclic amines) is 1. The van der Waals surface area contributed by atoms with Crippen molar-refractivity contribution in [3.05, 3.63) is 66.0 Å². The lowest BCUT2D eigenvalue weighted by atomic mass is 10.1. The van der Waals surface area contributed by atoms with Crippen molar-refractivity contribution in [2.75, 3.05) is 12.8 Å². The molecule has 31 heavy (non-hydrogen) atoms. The molecule has 0 bridgehead atoms. The second-order valence-corrected chi connectivity index (χ2v) is 9.24. The molecule has 2 aromatic carbocycles. The molecule has 0 spiro atoms. The van der Waals surface area contributed by atoms with E-state index in [4.69, 9.17) is 0 Å². The number of thioether (sulfide) groups is 1. The topological polar surface area (TPSA) is 67.2 Å². The van der Waals surface area contributed by atoms with Crippen molar-refractivity contribution in [3.8, 4) is 0 Å². The molecular weight excluding hydrogens is 408 g/mol. The number of hydrogen-bond donors (Lipinski definition) is 1. The zero-order valence-corrected chi connectivity index (χ0v) is 18.3. The number of imidazole rings is 1. The highest BCUT2D eigenvalue weighted by Crippen LogP contribution is 2.45. The van der Waals surface area contributed by atoms with Gasteiger partial charge < -0.3 is 14.8 Å². The second-order valence-electron chi connectivity index (χ2n) is 8.37. The first kappa shape index (κ1) is 20.1. The van der Waals surface area contributed by atoms with Crippen molar-refractivity contribution < 1.29 is 9.59 Å². The fourth-order valence-electron chi connectivity index (χ4n) is 4.69. The van der Waals surface area contributed by atoms with Crippen LogP contribution in [-0.4, -0.2) is 51.1 Å². The molecule has 3 aromatic rings.